The molecule has 0 fully saturated rings. The molecule has 0 saturated carbocycles. The number of aryl methyl sites for hydroxylation is 1. The zero-order valence-corrected chi connectivity index (χ0v) is 13.2. The summed E-state index contributed by atoms with van der Waals surface area (Å²) in [6, 6.07) is 5.79. The van der Waals surface area contributed by atoms with Crippen molar-refractivity contribution in [2.24, 2.45) is 0 Å². The fourth-order valence-corrected chi connectivity index (χ4v) is 2.42. The second kappa shape index (κ2) is 9.57. The summed E-state index contributed by atoms with van der Waals surface area (Å²) in [7, 11) is 1.62. The van der Waals surface area contributed by atoms with Crippen molar-refractivity contribution in [3.8, 4) is 5.75 Å². The number of hydrogen-bond acceptors (Lipinski definition) is 2. The van der Waals surface area contributed by atoms with Crippen LogP contribution in [0.25, 0.3) is 0 Å². The fourth-order valence-electron chi connectivity index (χ4n) is 2.42. The number of rotatable bonds is 10. The van der Waals surface area contributed by atoms with Gasteiger partial charge in [-0.3, -0.25) is 4.79 Å². The molecule has 1 aromatic carbocycles. The summed E-state index contributed by atoms with van der Waals surface area (Å²) in [6.07, 6.45) is 9.27. The first-order valence-electron chi connectivity index (χ1n) is 7.87. The third-order valence-electron chi connectivity index (χ3n) is 3.66. The monoisotopic (exact) mass is 276 g/mol. The van der Waals surface area contributed by atoms with Gasteiger partial charge in [0.2, 0.25) is 0 Å². The van der Waals surface area contributed by atoms with Crippen molar-refractivity contribution >= 4 is 5.78 Å². The van der Waals surface area contributed by atoms with Crippen LogP contribution < -0.4 is 4.74 Å². The van der Waals surface area contributed by atoms with Crippen molar-refractivity contribution in [2.75, 3.05) is 7.11 Å². The molecule has 0 amide bonds. The van der Waals surface area contributed by atoms with E-state index in [9.17, 15) is 4.79 Å². The topological polar surface area (TPSA) is 26.3 Å². The third kappa shape index (κ3) is 5.77. The van der Waals surface area contributed by atoms with Gasteiger partial charge in [0.1, 0.15) is 5.75 Å². The van der Waals surface area contributed by atoms with Crippen LogP contribution >= 0.6 is 0 Å². The van der Waals surface area contributed by atoms with Crippen LogP contribution in [0.15, 0.2) is 18.2 Å². The van der Waals surface area contributed by atoms with Crippen molar-refractivity contribution in [1.82, 2.24) is 0 Å². The Kier molecular flexibility index (Phi) is 8.01. The van der Waals surface area contributed by atoms with Crippen LogP contribution in [0.1, 0.15) is 74.2 Å². The molecule has 0 unspecified atom stereocenters. The lowest BCUT2D eigenvalue weighted by Gasteiger charge is -2.08. The van der Waals surface area contributed by atoms with Gasteiger partial charge < -0.3 is 4.74 Å². The summed E-state index contributed by atoms with van der Waals surface area (Å²) >= 11 is 0. The molecular formula is C18H28O2. The molecular weight excluding hydrogens is 248 g/mol. The quantitative estimate of drug-likeness (QED) is 0.426. The van der Waals surface area contributed by atoms with E-state index in [4.69, 9.17) is 4.74 Å². The molecule has 0 bridgehead atoms. The molecule has 112 valence electrons. The molecule has 0 aliphatic heterocycles. The normalized spacial score (nSPS) is 10.6. The molecule has 0 saturated heterocycles. The van der Waals surface area contributed by atoms with E-state index in [-0.39, 0.29) is 5.78 Å². The maximum absolute atomic E-state index is 12.2. The van der Waals surface area contributed by atoms with Crippen LogP contribution in [-0.2, 0) is 0 Å². The highest BCUT2D eigenvalue weighted by molar-refractivity contribution is 5.98. The Labute approximate surface area is 123 Å². The Morgan fingerprint density at radius 2 is 1.70 bits per heavy atom. The number of carbonyl (C=O) groups is 1. The minimum absolute atomic E-state index is 0.208. The summed E-state index contributed by atoms with van der Waals surface area (Å²) < 4.78 is 5.27. The van der Waals surface area contributed by atoms with E-state index in [1.54, 1.807) is 7.11 Å². The first-order valence-corrected chi connectivity index (χ1v) is 7.87. The van der Waals surface area contributed by atoms with E-state index >= 15 is 0 Å². The van der Waals surface area contributed by atoms with Gasteiger partial charge in [-0.1, -0.05) is 57.1 Å². The SMILES string of the molecule is CCCCCCCCCC(=O)c1cc(C)ccc1OC. The lowest BCUT2D eigenvalue weighted by atomic mass is 10.0. The average molecular weight is 276 g/mol. The lowest BCUT2D eigenvalue weighted by Crippen LogP contribution is -2.02. The molecule has 0 aliphatic carbocycles. The average Bonchev–Trinajstić information content (AvgIpc) is 2.46. The van der Waals surface area contributed by atoms with Gasteiger partial charge in [0.15, 0.2) is 5.78 Å². The van der Waals surface area contributed by atoms with Crippen LogP contribution in [0.3, 0.4) is 0 Å². The van der Waals surface area contributed by atoms with Gasteiger partial charge in [0, 0.05) is 6.42 Å². The summed E-state index contributed by atoms with van der Waals surface area (Å²) in [5.74, 6) is 0.905. The van der Waals surface area contributed by atoms with Crippen LogP contribution in [0.2, 0.25) is 0 Å². The van der Waals surface area contributed by atoms with Crippen LogP contribution in [0, 0.1) is 6.92 Å². The minimum Gasteiger partial charge on any atom is -0.496 e. The highest BCUT2D eigenvalue weighted by Gasteiger charge is 2.11. The molecule has 1 aromatic rings. The number of ether oxygens (including phenoxy) is 1. The van der Waals surface area contributed by atoms with Gasteiger partial charge in [-0.2, -0.15) is 0 Å². The first kappa shape index (κ1) is 16.7. The summed E-state index contributed by atoms with van der Waals surface area (Å²) in [4.78, 5) is 12.2. The highest BCUT2D eigenvalue weighted by atomic mass is 16.5. The molecule has 2 nitrogen and oxygen atoms in total. The Morgan fingerprint density at radius 3 is 2.35 bits per heavy atom. The molecule has 0 atom stereocenters. The minimum atomic E-state index is 0.208. The molecule has 20 heavy (non-hydrogen) atoms. The molecule has 0 aliphatic rings. The number of Topliss-reactive ketones (excluding diaryl/α,β-unsaturated/α-hetero) is 1. The Hall–Kier alpha value is -1.31. The Morgan fingerprint density at radius 1 is 1.05 bits per heavy atom. The van der Waals surface area contributed by atoms with E-state index in [1.807, 2.05) is 25.1 Å². The van der Waals surface area contributed by atoms with Crippen molar-refractivity contribution in [3.63, 3.8) is 0 Å². The van der Waals surface area contributed by atoms with Crippen LogP contribution in [-0.4, -0.2) is 12.9 Å². The molecule has 0 spiro atoms. The molecule has 0 radical (unpaired) electrons. The maximum Gasteiger partial charge on any atom is 0.166 e. The highest BCUT2D eigenvalue weighted by Crippen LogP contribution is 2.22. The zero-order valence-electron chi connectivity index (χ0n) is 13.2. The molecule has 0 heterocycles. The predicted molar refractivity (Wildman–Crippen MR) is 84.7 cm³/mol. The van der Waals surface area contributed by atoms with Crippen molar-refractivity contribution in [2.45, 2.75) is 65.2 Å². The Balaban J connectivity index is 2.34. The zero-order chi connectivity index (χ0) is 14.8. The number of benzene rings is 1. The number of unbranched alkanes of at least 4 members (excludes halogenated alkanes) is 6. The predicted octanol–water partition coefficient (Wildman–Crippen LogP) is 5.33. The van der Waals surface area contributed by atoms with Crippen molar-refractivity contribution < 1.29 is 9.53 Å². The van der Waals surface area contributed by atoms with E-state index in [0.29, 0.717) is 12.2 Å². The van der Waals surface area contributed by atoms with Crippen LogP contribution in [0.5, 0.6) is 5.75 Å². The van der Waals surface area contributed by atoms with Gasteiger partial charge in [0.25, 0.3) is 0 Å². The van der Waals surface area contributed by atoms with Gasteiger partial charge in [0.05, 0.1) is 12.7 Å². The fraction of sp³-hybridized carbons (Fsp3) is 0.611. The first-order chi connectivity index (χ1) is 9.69. The number of carbonyl (C=O) groups excluding carboxylic acids is 1. The van der Waals surface area contributed by atoms with Gasteiger partial charge in [-0.05, 0) is 25.5 Å². The van der Waals surface area contributed by atoms with E-state index in [0.717, 1.165) is 24.0 Å². The number of hydrogen-bond donors (Lipinski definition) is 0. The lowest BCUT2D eigenvalue weighted by molar-refractivity contribution is 0.0976. The third-order valence-corrected chi connectivity index (χ3v) is 3.66. The van der Waals surface area contributed by atoms with Crippen LogP contribution in [0.4, 0.5) is 0 Å². The second-order valence-electron chi connectivity index (χ2n) is 5.50. The van der Waals surface area contributed by atoms with Crippen molar-refractivity contribution in [1.29, 1.82) is 0 Å². The summed E-state index contributed by atoms with van der Waals surface area (Å²) in [5.41, 5.74) is 1.84. The molecule has 0 aromatic heterocycles. The molecule has 0 N–H and O–H groups in total. The summed E-state index contributed by atoms with van der Waals surface area (Å²) in [6.45, 7) is 4.23. The van der Waals surface area contributed by atoms with E-state index in [1.165, 1.54) is 32.1 Å². The van der Waals surface area contributed by atoms with E-state index in [2.05, 4.69) is 6.92 Å². The molecule has 1 rings (SSSR count). The smallest absolute Gasteiger partial charge is 0.166 e. The maximum atomic E-state index is 12.2. The van der Waals surface area contributed by atoms with Crippen molar-refractivity contribution in [3.05, 3.63) is 29.3 Å². The summed E-state index contributed by atoms with van der Waals surface area (Å²) in [5, 5.41) is 0. The van der Waals surface area contributed by atoms with Gasteiger partial charge in [-0.15, -0.1) is 0 Å². The standard InChI is InChI=1S/C18H28O2/c1-4-5-6-7-8-9-10-11-17(19)16-14-15(2)12-13-18(16)20-3/h12-14H,4-11H2,1-3H3. The largest absolute Gasteiger partial charge is 0.496 e. The number of ketones is 1. The second-order valence-corrected chi connectivity index (χ2v) is 5.50. The van der Waals surface area contributed by atoms with E-state index < -0.39 is 0 Å². The van der Waals surface area contributed by atoms with Gasteiger partial charge >= 0.3 is 0 Å². The Bertz CT molecular complexity index is 410. The van der Waals surface area contributed by atoms with Gasteiger partial charge in [-0.25, -0.2) is 0 Å². The molecule has 2 heteroatoms. The number of methoxy groups -OCH3 is 1.